The zero-order valence-corrected chi connectivity index (χ0v) is 12.3. The van der Waals surface area contributed by atoms with Crippen LogP contribution in [0.3, 0.4) is 0 Å². The Bertz CT molecular complexity index is 714. The summed E-state index contributed by atoms with van der Waals surface area (Å²) in [6.45, 7) is 2.48. The molecule has 1 aliphatic rings. The molecule has 0 amide bonds. The average Bonchev–Trinajstić information content (AvgIpc) is 2.84. The molecule has 0 aliphatic carbocycles. The topological polar surface area (TPSA) is 41.6 Å². The standard InChI is InChI=1S/C16H15ClFN3/c1-10-5-6-11(7-14(10)17)15-9-20-16(19)21(15)13-4-2-3-12(18)8-13/h2-8,15H,9H2,1H3,(H2,19,20). The van der Waals surface area contributed by atoms with E-state index in [1.807, 2.05) is 36.1 Å². The lowest BCUT2D eigenvalue weighted by molar-refractivity contribution is 0.626. The molecule has 21 heavy (non-hydrogen) atoms. The molecule has 1 aliphatic heterocycles. The van der Waals surface area contributed by atoms with Crippen LogP contribution in [0.15, 0.2) is 47.5 Å². The van der Waals surface area contributed by atoms with Crippen molar-refractivity contribution >= 4 is 23.2 Å². The molecule has 3 rings (SSSR count). The van der Waals surface area contributed by atoms with Gasteiger partial charge in [0, 0.05) is 10.7 Å². The minimum Gasteiger partial charge on any atom is -0.369 e. The number of nitrogens with two attached hydrogens (primary N) is 1. The summed E-state index contributed by atoms with van der Waals surface area (Å²) in [7, 11) is 0. The molecule has 0 spiro atoms. The summed E-state index contributed by atoms with van der Waals surface area (Å²) < 4.78 is 13.5. The number of nitrogens with zero attached hydrogens (tertiary/aromatic N) is 2. The zero-order chi connectivity index (χ0) is 15.0. The van der Waals surface area contributed by atoms with Gasteiger partial charge in [0.15, 0.2) is 5.96 Å². The van der Waals surface area contributed by atoms with Crippen molar-refractivity contribution in [1.82, 2.24) is 0 Å². The van der Waals surface area contributed by atoms with Crippen molar-refractivity contribution in [3.05, 3.63) is 64.4 Å². The van der Waals surface area contributed by atoms with Gasteiger partial charge in [-0.05, 0) is 42.3 Å². The molecule has 0 fully saturated rings. The summed E-state index contributed by atoms with van der Waals surface area (Å²) in [5.41, 5.74) is 8.70. The molecule has 0 aromatic heterocycles. The molecular formula is C16H15ClFN3. The van der Waals surface area contributed by atoms with Crippen LogP contribution in [0.4, 0.5) is 10.1 Å². The van der Waals surface area contributed by atoms with E-state index in [1.54, 1.807) is 6.07 Å². The van der Waals surface area contributed by atoms with Crippen LogP contribution < -0.4 is 10.6 Å². The van der Waals surface area contributed by atoms with Crippen molar-refractivity contribution in [3.63, 3.8) is 0 Å². The fourth-order valence-electron chi connectivity index (χ4n) is 2.51. The van der Waals surface area contributed by atoms with Gasteiger partial charge in [0.1, 0.15) is 5.82 Å². The average molecular weight is 304 g/mol. The summed E-state index contributed by atoms with van der Waals surface area (Å²) in [6.07, 6.45) is 0. The molecule has 1 unspecified atom stereocenters. The lowest BCUT2D eigenvalue weighted by Gasteiger charge is -2.27. The molecule has 3 nitrogen and oxygen atoms in total. The van der Waals surface area contributed by atoms with Crippen molar-refractivity contribution in [2.75, 3.05) is 11.4 Å². The van der Waals surface area contributed by atoms with Crippen LogP contribution in [0, 0.1) is 12.7 Å². The van der Waals surface area contributed by atoms with E-state index in [2.05, 4.69) is 4.99 Å². The van der Waals surface area contributed by atoms with Crippen LogP contribution in [-0.4, -0.2) is 12.5 Å². The van der Waals surface area contributed by atoms with Crippen molar-refractivity contribution in [3.8, 4) is 0 Å². The third kappa shape index (κ3) is 2.59. The summed E-state index contributed by atoms with van der Waals surface area (Å²) in [5.74, 6) is 0.0928. The van der Waals surface area contributed by atoms with Crippen LogP contribution in [-0.2, 0) is 0 Å². The van der Waals surface area contributed by atoms with E-state index in [1.165, 1.54) is 12.1 Å². The minimum absolute atomic E-state index is 0.0649. The van der Waals surface area contributed by atoms with Gasteiger partial charge in [0.05, 0.1) is 12.6 Å². The summed E-state index contributed by atoms with van der Waals surface area (Å²) in [4.78, 5) is 6.13. The molecule has 0 bridgehead atoms. The molecule has 2 aromatic carbocycles. The van der Waals surface area contributed by atoms with Crippen molar-refractivity contribution in [2.24, 2.45) is 10.7 Å². The van der Waals surface area contributed by atoms with Gasteiger partial charge in [0.2, 0.25) is 0 Å². The zero-order valence-electron chi connectivity index (χ0n) is 11.6. The number of hydrogen-bond donors (Lipinski definition) is 1. The van der Waals surface area contributed by atoms with Gasteiger partial charge in [-0.1, -0.05) is 29.8 Å². The lowest BCUT2D eigenvalue weighted by atomic mass is 10.0. The largest absolute Gasteiger partial charge is 0.369 e. The van der Waals surface area contributed by atoms with Crippen molar-refractivity contribution < 1.29 is 4.39 Å². The number of aliphatic imine (C=N–C) groups is 1. The van der Waals surface area contributed by atoms with E-state index in [0.29, 0.717) is 23.2 Å². The van der Waals surface area contributed by atoms with Crippen LogP contribution >= 0.6 is 11.6 Å². The molecule has 1 heterocycles. The van der Waals surface area contributed by atoms with Crippen LogP contribution in [0.25, 0.3) is 0 Å². The maximum atomic E-state index is 13.5. The van der Waals surface area contributed by atoms with E-state index in [-0.39, 0.29) is 11.9 Å². The highest BCUT2D eigenvalue weighted by Crippen LogP contribution is 2.33. The minimum atomic E-state index is -0.298. The molecule has 2 aromatic rings. The van der Waals surface area contributed by atoms with Gasteiger partial charge < -0.3 is 10.6 Å². The maximum Gasteiger partial charge on any atom is 0.196 e. The Morgan fingerprint density at radius 2 is 2.10 bits per heavy atom. The Kier molecular flexibility index (Phi) is 3.55. The molecule has 5 heteroatoms. The summed E-state index contributed by atoms with van der Waals surface area (Å²) in [6, 6.07) is 12.2. The van der Waals surface area contributed by atoms with Gasteiger partial charge in [-0.2, -0.15) is 0 Å². The first-order valence-corrected chi connectivity index (χ1v) is 7.05. The summed E-state index contributed by atoms with van der Waals surface area (Å²) in [5, 5.41) is 0.706. The highest BCUT2D eigenvalue weighted by atomic mass is 35.5. The van der Waals surface area contributed by atoms with Crippen LogP contribution in [0.1, 0.15) is 17.2 Å². The summed E-state index contributed by atoms with van der Waals surface area (Å²) >= 11 is 6.20. The molecule has 0 saturated heterocycles. The number of hydrogen-bond acceptors (Lipinski definition) is 3. The predicted octanol–water partition coefficient (Wildman–Crippen LogP) is 3.66. The smallest absolute Gasteiger partial charge is 0.196 e. The fraction of sp³-hybridized carbons (Fsp3) is 0.188. The quantitative estimate of drug-likeness (QED) is 0.920. The van der Waals surface area contributed by atoms with Crippen LogP contribution in [0.2, 0.25) is 5.02 Å². The highest BCUT2D eigenvalue weighted by Gasteiger charge is 2.29. The molecule has 2 N–H and O–H groups in total. The number of guanidine groups is 1. The third-order valence-electron chi connectivity index (χ3n) is 3.65. The second kappa shape index (κ2) is 5.37. The second-order valence-corrected chi connectivity index (χ2v) is 5.48. The predicted molar refractivity (Wildman–Crippen MR) is 84.3 cm³/mol. The van der Waals surface area contributed by atoms with Crippen molar-refractivity contribution in [2.45, 2.75) is 13.0 Å². The van der Waals surface area contributed by atoms with E-state index < -0.39 is 0 Å². The Balaban J connectivity index is 2.00. The SMILES string of the molecule is Cc1ccc(C2CN=C(N)N2c2cccc(F)c2)cc1Cl. The molecule has 0 saturated carbocycles. The number of rotatable bonds is 2. The van der Waals surface area contributed by atoms with Gasteiger partial charge in [-0.3, -0.25) is 4.99 Å². The lowest BCUT2D eigenvalue weighted by Crippen LogP contribution is -2.36. The number of benzene rings is 2. The monoisotopic (exact) mass is 303 g/mol. The fourth-order valence-corrected chi connectivity index (χ4v) is 2.70. The number of halogens is 2. The maximum absolute atomic E-state index is 13.5. The van der Waals surface area contributed by atoms with Crippen LogP contribution in [0.5, 0.6) is 0 Å². The Labute approximate surface area is 127 Å². The Morgan fingerprint density at radius 1 is 1.29 bits per heavy atom. The van der Waals surface area contributed by atoms with E-state index in [4.69, 9.17) is 17.3 Å². The molecular weight excluding hydrogens is 289 g/mol. The van der Waals surface area contributed by atoms with Gasteiger partial charge >= 0.3 is 0 Å². The second-order valence-electron chi connectivity index (χ2n) is 5.07. The van der Waals surface area contributed by atoms with Crippen molar-refractivity contribution in [1.29, 1.82) is 0 Å². The van der Waals surface area contributed by atoms with Gasteiger partial charge in [-0.15, -0.1) is 0 Å². The van der Waals surface area contributed by atoms with E-state index >= 15 is 0 Å². The first-order valence-electron chi connectivity index (χ1n) is 6.67. The molecule has 1 atom stereocenters. The highest BCUT2D eigenvalue weighted by molar-refractivity contribution is 6.31. The third-order valence-corrected chi connectivity index (χ3v) is 4.06. The first-order chi connectivity index (χ1) is 10.1. The number of anilines is 1. The molecule has 0 radical (unpaired) electrons. The Morgan fingerprint density at radius 3 is 2.81 bits per heavy atom. The van der Waals surface area contributed by atoms with Gasteiger partial charge in [0.25, 0.3) is 0 Å². The Hall–Kier alpha value is -2.07. The van der Waals surface area contributed by atoms with E-state index in [0.717, 1.165) is 11.1 Å². The number of aryl methyl sites for hydroxylation is 1. The van der Waals surface area contributed by atoms with E-state index in [9.17, 15) is 4.39 Å². The molecule has 108 valence electrons. The van der Waals surface area contributed by atoms with Gasteiger partial charge in [-0.25, -0.2) is 4.39 Å². The normalized spacial score (nSPS) is 18.0. The first kappa shape index (κ1) is 13.9.